The third-order valence-electron chi connectivity index (χ3n) is 3.49. The summed E-state index contributed by atoms with van der Waals surface area (Å²) in [5, 5.41) is 8.93. The molecule has 1 aromatic heterocycles. The van der Waals surface area contributed by atoms with E-state index in [0.717, 1.165) is 23.6 Å². The average Bonchev–Trinajstić information content (AvgIpc) is 2.67. The van der Waals surface area contributed by atoms with Crippen LogP contribution in [0.4, 0.5) is 19.1 Å². The van der Waals surface area contributed by atoms with Crippen LogP contribution in [0.5, 0.6) is 5.75 Å². The van der Waals surface area contributed by atoms with E-state index in [2.05, 4.69) is 30.9 Å². The van der Waals surface area contributed by atoms with Gasteiger partial charge in [0.2, 0.25) is 5.95 Å². The Kier molecular flexibility index (Phi) is 9.76. The quantitative estimate of drug-likeness (QED) is 0.230. The highest BCUT2D eigenvalue weighted by Crippen LogP contribution is 2.27. The maximum absolute atomic E-state index is 12.6. The second-order valence-corrected chi connectivity index (χ2v) is 5.39. The van der Waals surface area contributed by atoms with Gasteiger partial charge in [0.25, 0.3) is 0 Å². The molecule has 2 rings (SSSR count). The third kappa shape index (κ3) is 7.74. The molecule has 28 heavy (non-hydrogen) atoms. The molecule has 0 spiro atoms. The number of nitrogens with one attached hydrogen (secondary N) is 3. The van der Waals surface area contributed by atoms with E-state index in [9.17, 15) is 13.2 Å². The van der Waals surface area contributed by atoms with Crippen LogP contribution in [0.1, 0.15) is 11.3 Å². The number of halogens is 4. The SMILES string of the molecule is CN=C(NCCNc1nccc(C(F)(F)F)n1)NCc1ccc(OC)cc1.I. The summed E-state index contributed by atoms with van der Waals surface area (Å²) in [6.07, 6.45) is -3.42. The zero-order chi connectivity index (χ0) is 19.7. The molecule has 0 fully saturated rings. The van der Waals surface area contributed by atoms with Crippen LogP contribution in [0.3, 0.4) is 0 Å². The van der Waals surface area contributed by atoms with Crippen molar-refractivity contribution < 1.29 is 17.9 Å². The number of ether oxygens (including phenoxy) is 1. The minimum absolute atomic E-state index is 0. The Labute approximate surface area is 178 Å². The van der Waals surface area contributed by atoms with Crippen LogP contribution >= 0.6 is 24.0 Å². The predicted octanol–water partition coefficient (Wildman–Crippen LogP) is 2.90. The van der Waals surface area contributed by atoms with Crippen LogP contribution in [-0.4, -0.2) is 43.2 Å². The zero-order valence-electron chi connectivity index (χ0n) is 15.4. The van der Waals surface area contributed by atoms with E-state index >= 15 is 0 Å². The lowest BCUT2D eigenvalue weighted by Gasteiger charge is -2.13. The zero-order valence-corrected chi connectivity index (χ0v) is 17.7. The van der Waals surface area contributed by atoms with E-state index in [-0.39, 0.29) is 29.9 Å². The second-order valence-electron chi connectivity index (χ2n) is 5.39. The first-order valence-electron chi connectivity index (χ1n) is 8.14. The van der Waals surface area contributed by atoms with Gasteiger partial charge in [-0.25, -0.2) is 9.97 Å². The Morgan fingerprint density at radius 1 is 1.11 bits per heavy atom. The van der Waals surface area contributed by atoms with Crippen molar-refractivity contribution in [2.24, 2.45) is 4.99 Å². The van der Waals surface area contributed by atoms with Crippen molar-refractivity contribution in [3.05, 3.63) is 47.8 Å². The van der Waals surface area contributed by atoms with Gasteiger partial charge in [-0.1, -0.05) is 12.1 Å². The maximum Gasteiger partial charge on any atom is 0.433 e. The first-order valence-corrected chi connectivity index (χ1v) is 8.14. The van der Waals surface area contributed by atoms with Gasteiger partial charge in [0.05, 0.1) is 7.11 Å². The fourth-order valence-corrected chi connectivity index (χ4v) is 2.11. The third-order valence-corrected chi connectivity index (χ3v) is 3.49. The van der Waals surface area contributed by atoms with E-state index in [1.54, 1.807) is 14.2 Å². The number of guanidine groups is 1. The Morgan fingerprint density at radius 3 is 2.43 bits per heavy atom. The van der Waals surface area contributed by atoms with E-state index in [1.165, 1.54) is 0 Å². The molecule has 0 aliphatic heterocycles. The first-order chi connectivity index (χ1) is 12.9. The van der Waals surface area contributed by atoms with Crippen LogP contribution in [-0.2, 0) is 12.7 Å². The van der Waals surface area contributed by atoms with Gasteiger partial charge in [-0.15, -0.1) is 24.0 Å². The highest BCUT2D eigenvalue weighted by molar-refractivity contribution is 14.0. The number of rotatable bonds is 7. The first kappa shape index (κ1) is 23.7. The van der Waals surface area contributed by atoms with E-state index in [4.69, 9.17) is 4.74 Å². The monoisotopic (exact) mass is 510 g/mol. The van der Waals surface area contributed by atoms with Gasteiger partial charge < -0.3 is 20.7 Å². The molecular weight excluding hydrogens is 488 g/mol. The lowest BCUT2D eigenvalue weighted by molar-refractivity contribution is -0.141. The van der Waals surface area contributed by atoms with Crippen LogP contribution < -0.4 is 20.7 Å². The molecule has 0 saturated heterocycles. The number of methoxy groups -OCH3 is 1. The molecule has 7 nitrogen and oxygen atoms in total. The number of aromatic nitrogens is 2. The number of benzene rings is 1. The Balaban J connectivity index is 0.00000392. The molecule has 1 aromatic carbocycles. The highest BCUT2D eigenvalue weighted by atomic mass is 127. The Morgan fingerprint density at radius 2 is 1.82 bits per heavy atom. The summed E-state index contributed by atoms with van der Waals surface area (Å²) >= 11 is 0. The van der Waals surface area contributed by atoms with Crippen molar-refractivity contribution in [3.63, 3.8) is 0 Å². The summed E-state index contributed by atoms with van der Waals surface area (Å²) in [4.78, 5) is 11.3. The van der Waals surface area contributed by atoms with Gasteiger partial charge in [-0.2, -0.15) is 13.2 Å². The molecule has 0 amide bonds. The van der Waals surface area contributed by atoms with Gasteiger partial charge in [0, 0.05) is 32.9 Å². The molecule has 11 heteroatoms. The Bertz CT molecular complexity index is 755. The largest absolute Gasteiger partial charge is 0.497 e. The smallest absolute Gasteiger partial charge is 0.433 e. The van der Waals surface area contributed by atoms with Gasteiger partial charge in [0.15, 0.2) is 5.96 Å². The molecule has 0 radical (unpaired) electrons. The van der Waals surface area contributed by atoms with E-state index in [0.29, 0.717) is 25.6 Å². The lowest BCUT2D eigenvalue weighted by Crippen LogP contribution is -2.39. The van der Waals surface area contributed by atoms with Crippen molar-refractivity contribution in [2.45, 2.75) is 12.7 Å². The topological polar surface area (TPSA) is 83.5 Å². The molecule has 0 atom stereocenters. The molecular formula is C17H22F3IN6O. The summed E-state index contributed by atoms with van der Waals surface area (Å²) in [6, 6.07) is 8.43. The number of nitrogens with zero attached hydrogens (tertiary/aromatic N) is 3. The van der Waals surface area contributed by atoms with Crippen molar-refractivity contribution >= 4 is 35.9 Å². The molecule has 0 saturated carbocycles. The van der Waals surface area contributed by atoms with E-state index < -0.39 is 11.9 Å². The van der Waals surface area contributed by atoms with Gasteiger partial charge in [-0.3, -0.25) is 4.99 Å². The Hall–Kier alpha value is -2.31. The van der Waals surface area contributed by atoms with Crippen LogP contribution in [0.2, 0.25) is 0 Å². The van der Waals surface area contributed by atoms with Crippen LogP contribution in [0, 0.1) is 0 Å². The maximum atomic E-state index is 12.6. The molecule has 0 aliphatic carbocycles. The summed E-state index contributed by atoms with van der Waals surface area (Å²) in [6.45, 7) is 1.31. The van der Waals surface area contributed by atoms with Crippen molar-refractivity contribution in [1.29, 1.82) is 0 Å². The summed E-state index contributed by atoms with van der Waals surface area (Å²) in [5.41, 5.74) is 0.0687. The number of anilines is 1. The lowest BCUT2D eigenvalue weighted by atomic mass is 10.2. The fourth-order valence-electron chi connectivity index (χ4n) is 2.11. The van der Waals surface area contributed by atoms with Crippen molar-refractivity contribution in [1.82, 2.24) is 20.6 Å². The number of hydrogen-bond acceptors (Lipinski definition) is 5. The summed E-state index contributed by atoms with van der Waals surface area (Å²) in [5.74, 6) is 1.27. The van der Waals surface area contributed by atoms with Crippen LogP contribution in [0.25, 0.3) is 0 Å². The van der Waals surface area contributed by atoms with Gasteiger partial charge in [0.1, 0.15) is 11.4 Å². The van der Waals surface area contributed by atoms with Gasteiger partial charge in [-0.05, 0) is 23.8 Å². The fraction of sp³-hybridized carbons (Fsp3) is 0.353. The number of alkyl halides is 3. The molecule has 2 aromatic rings. The second kappa shape index (κ2) is 11.5. The minimum Gasteiger partial charge on any atom is -0.497 e. The molecule has 3 N–H and O–H groups in total. The molecule has 0 bridgehead atoms. The number of aliphatic imine (C=N–C) groups is 1. The average molecular weight is 510 g/mol. The van der Waals surface area contributed by atoms with E-state index in [1.807, 2.05) is 24.3 Å². The summed E-state index contributed by atoms with van der Waals surface area (Å²) in [7, 11) is 3.24. The minimum atomic E-state index is -4.50. The summed E-state index contributed by atoms with van der Waals surface area (Å²) < 4.78 is 42.9. The molecule has 0 aliphatic rings. The number of hydrogen-bond donors (Lipinski definition) is 3. The molecule has 1 heterocycles. The highest BCUT2D eigenvalue weighted by Gasteiger charge is 2.32. The molecule has 0 unspecified atom stereocenters. The predicted molar refractivity (Wildman–Crippen MR) is 112 cm³/mol. The molecule has 154 valence electrons. The van der Waals surface area contributed by atoms with Crippen LogP contribution in [0.15, 0.2) is 41.5 Å². The van der Waals surface area contributed by atoms with Crippen molar-refractivity contribution in [3.8, 4) is 5.75 Å². The normalized spacial score (nSPS) is 11.4. The standard InChI is InChI=1S/C17H21F3N6O.HI/c1-21-15(25-11-12-3-5-13(27-2)6-4-12)23-9-10-24-16-22-8-7-14(26-16)17(18,19)20;/h3-8H,9-11H2,1-2H3,(H2,21,23,25)(H,22,24,26);1H. The van der Waals surface area contributed by atoms with Gasteiger partial charge >= 0.3 is 6.18 Å². The van der Waals surface area contributed by atoms with Crippen molar-refractivity contribution in [2.75, 3.05) is 32.6 Å².